The van der Waals surface area contributed by atoms with Gasteiger partial charge >= 0.3 is 0 Å². The predicted octanol–water partition coefficient (Wildman–Crippen LogP) is 3.09. The SMILES string of the molecule is C.Cc1ccccc1CN(C)CC(=O)Nc1ccc(C#Cc2ccc(C(=O)N[C@H](C(=O)NO)[C@@H](C)O)cc2)cc1. The van der Waals surface area contributed by atoms with Gasteiger partial charge in [0.15, 0.2) is 0 Å². The molecule has 0 saturated carbocycles. The fourth-order valence-corrected chi connectivity index (χ4v) is 3.77. The van der Waals surface area contributed by atoms with Gasteiger partial charge in [0.05, 0.1) is 12.6 Å². The Morgan fingerprint density at radius 1 is 0.925 bits per heavy atom. The van der Waals surface area contributed by atoms with Crippen LogP contribution in [-0.2, 0) is 16.1 Å². The molecule has 0 unspecified atom stereocenters. The number of hydrogen-bond acceptors (Lipinski definition) is 6. The molecule has 0 aliphatic rings. The summed E-state index contributed by atoms with van der Waals surface area (Å²) in [5.41, 5.74) is 6.16. The number of benzene rings is 3. The third kappa shape index (κ3) is 9.36. The third-order valence-corrected chi connectivity index (χ3v) is 5.94. The first-order chi connectivity index (χ1) is 18.7. The van der Waals surface area contributed by atoms with Crippen LogP contribution in [-0.4, -0.2) is 58.7 Å². The molecule has 3 amide bonds. The molecule has 0 saturated heterocycles. The van der Waals surface area contributed by atoms with Crippen LogP contribution in [0.1, 0.15) is 47.0 Å². The van der Waals surface area contributed by atoms with Crippen molar-refractivity contribution in [1.29, 1.82) is 0 Å². The average molecular weight is 545 g/mol. The van der Waals surface area contributed by atoms with Crippen molar-refractivity contribution in [2.45, 2.75) is 40.0 Å². The fraction of sp³-hybridized carbons (Fsp3) is 0.258. The van der Waals surface area contributed by atoms with E-state index in [9.17, 15) is 19.5 Å². The van der Waals surface area contributed by atoms with Gasteiger partial charge in [0.25, 0.3) is 11.8 Å². The van der Waals surface area contributed by atoms with Gasteiger partial charge in [0.2, 0.25) is 5.91 Å². The second-order valence-electron chi connectivity index (χ2n) is 9.22. The Labute approximate surface area is 235 Å². The molecule has 0 aromatic heterocycles. The number of anilines is 1. The summed E-state index contributed by atoms with van der Waals surface area (Å²) >= 11 is 0. The van der Waals surface area contributed by atoms with E-state index in [2.05, 4.69) is 41.5 Å². The summed E-state index contributed by atoms with van der Waals surface area (Å²) in [4.78, 5) is 38.4. The van der Waals surface area contributed by atoms with Crippen LogP contribution >= 0.6 is 0 Å². The lowest BCUT2D eigenvalue weighted by Crippen LogP contribution is -2.51. The number of nitrogens with zero attached hydrogens (tertiary/aromatic N) is 1. The molecular weight excluding hydrogens is 508 g/mol. The standard InChI is InChI=1S/C30H32N4O5.CH4/c1-20-6-4-5-7-25(20)18-34(3)19-27(36)31-26-16-12-23(13-17-26)9-8-22-10-14-24(15-11-22)29(37)32-28(21(2)35)30(38)33-39;/h4-7,10-17,21,28,35,39H,18-19H2,1-3H3,(H,31,36)(H,32,37)(H,33,38);1H4/t21-,28+;/m1./s1. The molecule has 0 spiro atoms. The molecule has 5 N–H and O–H groups in total. The molecule has 0 radical (unpaired) electrons. The lowest BCUT2D eigenvalue weighted by atomic mass is 10.1. The zero-order valence-corrected chi connectivity index (χ0v) is 22.1. The number of likely N-dealkylation sites (N-methyl/N-ethyl adjacent to an activating group) is 1. The first-order valence-corrected chi connectivity index (χ1v) is 12.3. The number of amides is 3. The molecule has 3 aromatic rings. The number of nitrogens with one attached hydrogen (secondary N) is 3. The number of aryl methyl sites for hydroxylation is 1. The van der Waals surface area contributed by atoms with E-state index in [-0.39, 0.29) is 25.4 Å². The van der Waals surface area contributed by atoms with Crippen LogP contribution in [0.15, 0.2) is 72.8 Å². The molecule has 3 aromatic carbocycles. The number of aliphatic hydroxyl groups is 1. The van der Waals surface area contributed by atoms with E-state index in [1.807, 2.05) is 36.2 Å². The normalized spacial score (nSPS) is 11.8. The van der Waals surface area contributed by atoms with Crippen LogP contribution in [0.2, 0.25) is 0 Å². The Bertz CT molecular complexity index is 1360. The van der Waals surface area contributed by atoms with Crippen molar-refractivity contribution in [2.75, 3.05) is 18.9 Å². The molecule has 0 aliphatic carbocycles. The average Bonchev–Trinajstić information content (AvgIpc) is 2.92. The van der Waals surface area contributed by atoms with Crippen molar-refractivity contribution < 1.29 is 24.7 Å². The van der Waals surface area contributed by atoms with Gasteiger partial charge in [0, 0.05) is 28.9 Å². The van der Waals surface area contributed by atoms with Crippen molar-refractivity contribution in [3.05, 3.63) is 101 Å². The van der Waals surface area contributed by atoms with Crippen molar-refractivity contribution in [2.24, 2.45) is 0 Å². The van der Waals surface area contributed by atoms with Crippen molar-refractivity contribution in [3.63, 3.8) is 0 Å². The van der Waals surface area contributed by atoms with Crippen LogP contribution < -0.4 is 16.1 Å². The van der Waals surface area contributed by atoms with Gasteiger partial charge in [-0.1, -0.05) is 43.5 Å². The van der Waals surface area contributed by atoms with Crippen molar-refractivity contribution in [3.8, 4) is 11.8 Å². The van der Waals surface area contributed by atoms with Crippen molar-refractivity contribution in [1.82, 2.24) is 15.7 Å². The largest absolute Gasteiger partial charge is 0.391 e. The molecule has 0 bridgehead atoms. The Balaban J connectivity index is 0.00000560. The second-order valence-corrected chi connectivity index (χ2v) is 9.22. The van der Waals surface area contributed by atoms with Crippen LogP contribution in [0, 0.1) is 18.8 Å². The first-order valence-electron chi connectivity index (χ1n) is 12.3. The quantitative estimate of drug-likeness (QED) is 0.160. The molecule has 40 heavy (non-hydrogen) atoms. The molecule has 0 fully saturated rings. The summed E-state index contributed by atoms with van der Waals surface area (Å²) in [5, 5.41) is 23.7. The highest BCUT2D eigenvalue weighted by molar-refractivity contribution is 5.97. The van der Waals surface area contributed by atoms with E-state index in [0.29, 0.717) is 17.8 Å². The zero-order chi connectivity index (χ0) is 28.4. The number of aliphatic hydroxyl groups excluding tert-OH is 1. The highest BCUT2D eigenvalue weighted by atomic mass is 16.5. The monoisotopic (exact) mass is 544 g/mol. The number of hydrogen-bond donors (Lipinski definition) is 5. The number of hydroxylamine groups is 1. The van der Waals surface area contributed by atoms with E-state index in [4.69, 9.17) is 5.21 Å². The van der Waals surface area contributed by atoms with Gasteiger partial charge in [-0.2, -0.15) is 0 Å². The number of carbonyl (C=O) groups is 3. The van der Waals surface area contributed by atoms with Crippen LogP contribution in [0.4, 0.5) is 5.69 Å². The highest BCUT2D eigenvalue weighted by Gasteiger charge is 2.25. The minimum absolute atomic E-state index is 0. The van der Waals surface area contributed by atoms with Gasteiger partial charge in [-0.15, -0.1) is 0 Å². The lowest BCUT2D eigenvalue weighted by molar-refractivity contribution is -0.133. The van der Waals surface area contributed by atoms with Crippen molar-refractivity contribution >= 4 is 23.4 Å². The Morgan fingerprint density at radius 3 is 2.05 bits per heavy atom. The topological polar surface area (TPSA) is 131 Å². The molecule has 9 nitrogen and oxygen atoms in total. The maximum atomic E-state index is 12.5. The molecule has 3 rings (SSSR count). The predicted molar refractivity (Wildman–Crippen MR) is 155 cm³/mol. The minimum atomic E-state index is -1.30. The molecule has 210 valence electrons. The summed E-state index contributed by atoms with van der Waals surface area (Å²) in [6.45, 7) is 4.33. The van der Waals surface area contributed by atoms with Crippen LogP contribution in [0.5, 0.6) is 0 Å². The molecule has 2 atom stereocenters. The van der Waals surface area contributed by atoms with Crippen LogP contribution in [0.25, 0.3) is 0 Å². The molecule has 0 aliphatic heterocycles. The summed E-state index contributed by atoms with van der Waals surface area (Å²) in [6.07, 6.45) is -1.20. The van der Waals surface area contributed by atoms with Gasteiger partial charge in [0.1, 0.15) is 6.04 Å². The van der Waals surface area contributed by atoms with Gasteiger partial charge < -0.3 is 15.7 Å². The Hall–Kier alpha value is -4.49. The second kappa shape index (κ2) is 15.2. The zero-order valence-electron chi connectivity index (χ0n) is 22.1. The Kier molecular flexibility index (Phi) is 12.0. The van der Waals surface area contributed by atoms with Gasteiger partial charge in [-0.25, -0.2) is 5.48 Å². The Morgan fingerprint density at radius 2 is 1.50 bits per heavy atom. The molecule has 0 heterocycles. The van der Waals surface area contributed by atoms with E-state index in [1.54, 1.807) is 36.4 Å². The number of rotatable bonds is 9. The number of carbonyl (C=O) groups excluding carboxylic acids is 3. The maximum Gasteiger partial charge on any atom is 0.268 e. The summed E-state index contributed by atoms with van der Waals surface area (Å²) in [7, 11) is 1.91. The fourth-order valence-electron chi connectivity index (χ4n) is 3.77. The summed E-state index contributed by atoms with van der Waals surface area (Å²) in [6, 6.07) is 20.4. The lowest BCUT2D eigenvalue weighted by Gasteiger charge is -2.19. The third-order valence-electron chi connectivity index (χ3n) is 5.94. The van der Waals surface area contributed by atoms with Gasteiger partial charge in [-0.3, -0.25) is 24.5 Å². The summed E-state index contributed by atoms with van der Waals surface area (Å²) < 4.78 is 0. The van der Waals surface area contributed by atoms with Gasteiger partial charge in [-0.05, 0) is 80.6 Å². The molecular formula is C31H36N4O5. The van der Waals surface area contributed by atoms with E-state index in [1.165, 1.54) is 23.5 Å². The highest BCUT2D eigenvalue weighted by Crippen LogP contribution is 2.12. The minimum Gasteiger partial charge on any atom is -0.391 e. The van der Waals surface area contributed by atoms with Crippen LogP contribution in [0.3, 0.4) is 0 Å². The smallest absolute Gasteiger partial charge is 0.268 e. The van der Waals surface area contributed by atoms with E-state index < -0.39 is 24.0 Å². The maximum absolute atomic E-state index is 12.5. The van der Waals surface area contributed by atoms with E-state index >= 15 is 0 Å². The van der Waals surface area contributed by atoms with E-state index in [0.717, 1.165) is 5.56 Å². The summed E-state index contributed by atoms with van der Waals surface area (Å²) in [5.74, 6) is 4.45. The first kappa shape index (κ1) is 31.7. The molecule has 9 heteroatoms.